The Morgan fingerprint density at radius 3 is 2.15 bits per heavy atom. The van der Waals surface area contributed by atoms with E-state index in [4.69, 9.17) is 10.8 Å². The van der Waals surface area contributed by atoms with Gasteiger partial charge in [0.25, 0.3) is 0 Å². The van der Waals surface area contributed by atoms with E-state index in [0.29, 0.717) is 0 Å². The van der Waals surface area contributed by atoms with Crippen molar-refractivity contribution in [2.24, 2.45) is 5.73 Å². The lowest BCUT2D eigenvalue weighted by Crippen LogP contribution is -1.97. The van der Waals surface area contributed by atoms with Crippen LogP contribution in [0.5, 0.6) is 0 Å². The number of unbranched alkanes of at least 4 members (excludes halogenated alkanes) is 7. The van der Waals surface area contributed by atoms with Crippen LogP contribution in [-0.2, 0) is 0 Å². The van der Waals surface area contributed by atoms with Gasteiger partial charge in [-0.3, -0.25) is 4.98 Å². The number of hydrogen-bond donors (Lipinski definition) is 2. The van der Waals surface area contributed by atoms with Crippen molar-refractivity contribution in [3.05, 3.63) is 30.1 Å². The number of nitrogens with two attached hydrogens (primary N) is 1. The molecule has 0 aliphatic heterocycles. The molecule has 0 saturated carbocycles. The van der Waals surface area contributed by atoms with E-state index in [1.165, 1.54) is 69.8 Å². The maximum atomic E-state index is 10.2. The fraction of sp³-hybridized carbons (Fsp3) is 0.625. The van der Waals surface area contributed by atoms with Crippen LogP contribution in [0.15, 0.2) is 24.5 Å². The van der Waals surface area contributed by atoms with Gasteiger partial charge in [-0.25, -0.2) is 4.79 Å². The van der Waals surface area contributed by atoms with Crippen molar-refractivity contribution in [1.29, 1.82) is 0 Å². The third kappa shape index (κ3) is 11.7. The fourth-order valence-electron chi connectivity index (χ4n) is 1.77. The molecular weight excluding hydrogens is 252 g/mol. The number of rotatable bonds is 9. The number of carboxylic acids is 1. The molecule has 20 heavy (non-hydrogen) atoms. The van der Waals surface area contributed by atoms with E-state index in [1.807, 2.05) is 0 Å². The topological polar surface area (TPSA) is 76.2 Å². The van der Waals surface area contributed by atoms with E-state index in [2.05, 4.69) is 11.9 Å². The van der Waals surface area contributed by atoms with Gasteiger partial charge < -0.3 is 10.8 Å². The smallest absolute Gasteiger partial charge is 0.337 e. The van der Waals surface area contributed by atoms with Gasteiger partial charge in [-0.2, -0.15) is 0 Å². The Hall–Kier alpha value is -1.42. The summed E-state index contributed by atoms with van der Waals surface area (Å²) in [7, 11) is 0. The van der Waals surface area contributed by atoms with Crippen LogP contribution in [0, 0.1) is 0 Å². The van der Waals surface area contributed by atoms with Crippen LogP contribution < -0.4 is 5.73 Å². The Morgan fingerprint density at radius 2 is 1.75 bits per heavy atom. The first-order valence-electron chi connectivity index (χ1n) is 7.55. The van der Waals surface area contributed by atoms with Gasteiger partial charge in [-0.1, -0.05) is 51.9 Å². The van der Waals surface area contributed by atoms with Gasteiger partial charge in [0.15, 0.2) is 0 Å². The largest absolute Gasteiger partial charge is 0.478 e. The molecule has 0 unspecified atom stereocenters. The highest BCUT2D eigenvalue weighted by Crippen LogP contribution is 2.07. The second-order valence-corrected chi connectivity index (χ2v) is 4.81. The van der Waals surface area contributed by atoms with Crippen LogP contribution in [0.25, 0.3) is 0 Å². The maximum Gasteiger partial charge on any atom is 0.337 e. The van der Waals surface area contributed by atoms with Gasteiger partial charge in [0, 0.05) is 12.4 Å². The summed E-state index contributed by atoms with van der Waals surface area (Å²) < 4.78 is 0. The quantitative estimate of drug-likeness (QED) is 0.673. The number of aromatic carboxylic acids is 1. The Kier molecular flexibility index (Phi) is 13.0. The van der Waals surface area contributed by atoms with Crippen LogP contribution in [0.1, 0.15) is 68.6 Å². The Labute approximate surface area is 122 Å². The van der Waals surface area contributed by atoms with Crippen molar-refractivity contribution in [2.45, 2.75) is 58.3 Å². The molecule has 0 aliphatic rings. The molecule has 0 bridgehead atoms. The second kappa shape index (κ2) is 14.0. The molecule has 1 aromatic rings. The van der Waals surface area contributed by atoms with Crippen LogP contribution in [-0.4, -0.2) is 22.6 Å². The minimum Gasteiger partial charge on any atom is -0.478 e. The third-order valence-electron chi connectivity index (χ3n) is 2.97. The van der Waals surface area contributed by atoms with Gasteiger partial charge in [0.1, 0.15) is 0 Å². The summed E-state index contributed by atoms with van der Waals surface area (Å²) in [6.45, 7) is 3.13. The first-order chi connectivity index (χ1) is 9.72. The number of pyridine rings is 1. The zero-order valence-electron chi connectivity index (χ0n) is 12.6. The minimum atomic E-state index is -0.942. The lowest BCUT2D eigenvalue weighted by Gasteiger charge is -1.99. The molecule has 3 N–H and O–H groups in total. The number of hydrogen-bond acceptors (Lipinski definition) is 3. The first-order valence-corrected chi connectivity index (χ1v) is 7.55. The third-order valence-corrected chi connectivity index (χ3v) is 2.97. The van der Waals surface area contributed by atoms with Gasteiger partial charge in [-0.15, -0.1) is 0 Å². The summed E-state index contributed by atoms with van der Waals surface area (Å²) in [6, 6.07) is 3.08. The highest BCUT2D eigenvalue weighted by Gasteiger charge is 1.97. The van der Waals surface area contributed by atoms with Crippen LogP contribution in [0.2, 0.25) is 0 Å². The molecular formula is C16H28N2O2. The lowest BCUT2D eigenvalue weighted by atomic mass is 10.1. The molecule has 4 heteroatoms. The van der Waals surface area contributed by atoms with Crippen molar-refractivity contribution in [1.82, 2.24) is 4.98 Å². The molecule has 0 aliphatic carbocycles. The molecule has 1 aromatic heterocycles. The summed E-state index contributed by atoms with van der Waals surface area (Å²) >= 11 is 0. The lowest BCUT2D eigenvalue weighted by molar-refractivity contribution is 0.0696. The molecule has 0 amide bonds. The first kappa shape index (κ1) is 18.6. The zero-order chi connectivity index (χ0) is 15.1. The second-order valence-electron chi connectivity index (χ2n) is 4.81. The molecule has 114 valence electrons. The van der Waals surface area contributed by atoms with Crippen LogP contribution >= 0.6 is 0 Å². The Balaban J connectivity index is 0.000000367. The number of carboxylic acid groups (broad SMARTS) is 1. The molecule has 0 fully saturated rings. The summed E-state index contributed by atoms with van der Waals surface area (Å²) in [4.78, 5) is 13.8. The molecule has 0 spiro atoms. The van der Waals surface area contributed by atoms with E-state index in [0.717, 1.165) is 6.54 Å². The molecule has 0 saturated heterocycles. The number of aromatic nitrogens is 1. The van der Waals surface area contributed by atoms with Crippen molar-refractivity contribution < 1.29 is 9.90 Å². The standard InChI is InChI=1S/C10H23N.C6H5NO2/c1-2-3-4-5-6-7-8-9-10-11;8-6(9)5-2-1-3-7-4-5/h2-11H2,1H3;1-4H,(H,8,9). The van der Waals surface area contributed by atoms with E-state index in [-0.39, 0.29) is 5.56 Å². The van der Waals surface area contributed by atoms with Crippen molar-refractivity contribution in [3.63, 3.8) is 0 Å². The van der Waals surface area contributed by atoms with E-state index < -0.39 is 5.97 Å². The predicted octanol–water partition coefficient (Wildman–Crippen LogP) is 3.87. The number of carbonyl (C=O) groups is 1. The summed E-state index contributed by atoms with van der Waals surface area (Å²) in [5, 5.41) is 8.34. The zero-order valence-corrected chi connectivity index (χ0v) is 12.6. The Bertz CT molecular complexity index is 321. The van der Waals surface area contributed by atoms with Gasteiger partial charge in [0.05, 0.1) is 5.56 Å². The Morgan fingerprint density at radius 1 is 1.15 bits per heavy atom. The normalized spacial score (nSPS) is 9.70. The molecule has 0 radical (unpaired) electrons. The molecule has 1 rings (SSSR count). The molecule has 0 aromatic carbocycles. The SMILES string of the molecule is CCCCCCCCCCN.O=C(O)c1cccnc1. The highest BCUT2D eigenvalue weighted by molar-refractivity contribution is 5.86. The van der Waals surface area contributed by atoms with E-state index in [1.54, 1.807) is 6.07 Å². The summed E-state index contributed by atoms with van der Waals surface area (Å²) in [5.74, 6) is -0.942. The van der Waals surface area contributed by atoms with E-state index in [9.17, 15) is 4.79 Å². The van der Waals surface area contributed by atoms with Gasteiger partial charge in [0.2, 0.25) is 0 Å². The minimum absolute atomic E-state index is 0.220. The van der Waals surface area contributed by atoms with Crippen LogP contribution in [0.3, 0.4) is 0 Å². The number of nitrogens with zero attached hydrogens (tertiary/aromatic N) is 1. The van der Waals surface area contributed by atoms with E-state index >= 15 is 0 Å². The van der Waals surface area contributed by atoms with Gasteiger partial charge >= 0.3 is 5.97 Å². The average Bonchev–Trinajstić information content (AvgIpc) is 2.48. The maximum absolute atomic E-state index is 10.2. The monoisotopic (exact) mass is 280 g/mol. The fourth-order valence-corrected chi connectivity index (χ4v) is 1.77. The molecule has 1 heterocycles. The predicted molar refractivity (Wildman–Crippen MR) is 82.9 cm³/mol. The van der Waals surface area contributed by atoms with Crippen molar-refractivity contribution in [3.8, 4) is 0 Å². The van der Waals surface area contributed by atoms with Crippen LogP contribution in [0.4, 0.5) is 0 Å². The molecule has 0 atom stereocenters. The van der Waals surface area contributed by atoms with Gasteiger partial charge in [-0.05, 0) is 25.1 Å². The average molecular weight is 280 g/mol. The summed E-state index contributed by atoms with van der Waals surface area (Å²) in [5.41, 5.74) is 5.61. The highest BCUT2D eigenvalue weighted by atomic mass is 16.4. The van der Waals surface area contributed by atoms with Crippen molar-refractivity contribution in [2.75, 3.05) is 6.54 Å². The molecule has 4 nitrogen and oxygen atoms in total. The summed E-state index contributed by atoms with van der Waals surface area (Å²) in [6.07, 6.45) is 13.8. The van der Waals surface area contributed by atoms with Crippen molar-refractivity contribution >= 4 is 5.97 Å².